The summed E-state index contributed by atoms with van der Waals surface area (Å²) in [6.07, 6.45) is 0. The van der Waals surface area contributed by atoms with Crippen LogP contribution in [0.4, 0.5) is 0 Å². The van der Waals surface area contributed by atoms with Crippen molar-refractivity contribution >= 4 is 5.91 Å². The van der Waals surface area contributed by atoms with Gasteiger partial charge in [-0.05, 0) is 23.8 Å². The van der Waals surface area contributed by atoms with E-state index < -0.39 is 0 Å². The predicted octanol–water partition coefficient (Wildman–Crippen LogP) is 2.86. The molecule has 21 heavy (non-hydrogen) atoms. The first-order chi connectivity index (χ1) is 10.2. The number of rotatable bonds is 4. The van der Waals surface area contributed by atoms with Gasteiger partial charge in [0.15, 0.2) is 0 Å². The first-order valence-corrected chi connectivity index (χ1v) is 6.81. The number of carbonyl (C=O) groups is 1. The van der Waals surface area contributed by atoms with Gasteiger partial charge in [-0.15, -0.1) is 0 Å². The Labute approximate surface area is 123 Å². The Balaban J connectivity index is 1.84. The van der Waals surface area contributed by atoms with E-state index in [4.69, 9.17) is 9.47 Å². The predicted molar refractivity (Wildman–Crippen MR) is 79.6 cm³/mol. The molecule has 108 valence electrons. The summed E-state index contributed by atoms with van der Waals surface area (Å²) < 4.78 is 10.6. The highest BCUT2D eigenvalue weighted by Crippen LogP contribution is 2.29. The fraction of sp³-hybridized carbons (Fsp3) is 0.235. The summed E-state index contributed by atoms with van der Waals surface area (Å²) in [6, 6.07) is 13.4. The molecule has 0 aliphatic carbocycles. The highest BCUT2D eigenvalue weighted by molar-refractivity contribution is 5.98. The number of hydrogen-bond donors (Lipinski definition) is 0. The Morgan fingerprint density at radius 1 is 1.10 bits per heavy atom. The van der Waals surface area contributed by atoms with Crippen LogP contribution in [-0.2, 0) is 13.1 Å². The van der Waals surface area contributed by atoms with Crippen molar-refractivity contribution in [3.63, 3.8) is 0 Å². The van der Waals surface area contributed by atoms with Gasteiger partial charge >= 0.3 is 0 Å². The van der Waals surface area contributed by atoms with Gasteiger partial charge < -0.3 is 14.4 Å². The van der Waals surface area contributed by atoms with Gasteiger partial charge in [0.25, 0.3) is 5.91 Å². The highest BCUT2D eigenvalue weighted by Gasteiger charge is 2.27. The van der Waals surface area contributed by atoms with Crippen LogP contribution in [0, 0.1) is 0 Å². The van der Waals surface area contributed by atoms with E-state index in [0.29, 0.717) is 13.1 Å². The van der Waals surface area contributed by atoms with Gasteiger partial charge in [-0.1, -0.05) is 18.2 Å². The summed E-state index contributed by atoms with van der Waals surface area (Å²) in [4.78, 5) is 14.2. The number of fused-ring (bicyclic) bond motifs is 1. The maximum Gasteiger partial charge on any atom is 0.254 e. The smallest absolute Gasteiger partial charge is 0.254 e. The molecule has 0 atom stereocenters. The molecule has 0 bridgehead atoms. The molecule has 3 rings (SSSR count). The second-order valence-electron chi connectivity index (χ2n) is 5.00. The second kappa shape index (κ2) is 5.48. The minimum Gasteiger partial charge on any atom is -0.497 e. The van der Waals surface area contributed by atoms with Gasteiger partial charge in [0.1, 0.15) is 11.5 Å². The number of ether oxygens (including phenoxy) is 2. The Hall–Kier alpha value is -2.49. The Morgan fingerprint density at radius 2 is 1.90 bits per heavy atom. The zero-order chi connectivity index (χ0) is 14.8. The van der Waals surface area contributed by atoms with Crippen molar-refractivity contribution in [3.8, 4) is 11.5 Å². The van der Waals surface area contributed by atoms with Crippen LogP contribution in [0.5, 0.6) is 11.5 Å². The summed E-state index contributed by atoms with van der Waals surface area (Å²) in [5.74, 6) is 1.55. The average molecular weight is 283 g/mol. The quantitative estimate of drug-likeness (QED) is 0.866. The molecule has 0 unspecified atom stereocenters. The molecule has 0 saturated carbocycles. The number of hydrogen-bond acceptors (Lipinski definition) is 3. The molecule has 4 heteroatoms. The lowest BCUT2D eigenvalue weighted by Gasteiger charge is -2.18. The number of benzene rings is 2. The number of methoxy groups -OCH3 is 2. The van der Waals surface area contributed by atoms with E-state index in [1.54, 1.807) is 14.2 Å². The lowest BCUT2D eigenvalue weighted by Crippen LogP contribution is -2.23. The molecule has 1 aliphatic rings. The third kappa shape index (κ3) is 2.44. The normalized spacial score (nSPS) is 13.2. The van der Waals surface area contributed by atoms with E-state index in [-0.39, 0.29) is 5.91 Å². The lowest BCUT2D eigenvalue weighted by atomic mass is 10.1. The van der Waals surface area contributed by atoms with E-state index in [1.807, 2.05) is 47.4 Å². The van der Waals surface area contributed by atoms with Crippen LogP contribution in [0.3, 0.4) is 0 Å². The average Bonchev–Trinajstić information content (AvgIpc) is 2.84. The van der Waals surface area contributed by atoms with E-state index in [1.165, 1.54) is 0 Å². The van der Waals surface area contributed by atoms with Crippen LogP contribution < -0.4 is 9.47 Å². The van der Waals surface area contributed by atoms with Crippen molar-refractivity contribution in [1.29, 1.82) is 0 Å². The monoisotopic (exact) mass is 283 g/mol. The topological polar surface area (TPSA) is 38.8 Å². The van der Waals surface area contributed by atoms with Crippen LogP contribution >= 0.6 is 0 Å². The van der Waals surface area contributed by atoms with Crippen molar-refractivity contribution in [2.45, 2.75) is 13.1 Å². The van der Waals surface area contributed by atoms with Crippen LogP contribution in [0.2, 0.25) is 0 Å². The highest BCUT2D eigenvalue weighted by atomic mass is 16.5. The van der Waals surface area contributed by atoms with E-state index in [9.17, 15) is 4.79 Å². The van der Waals surface area contributed by atoms with Gasteiger partial charge in [0, 0.05) is 30.3 Å². The molecule has 0 aromatic heterocycles. The van der Waals surface area contributed by atoms with Crippen molar-refractivity contribution < 1.29 is 14.3 Å². The minimum atomic E-state index is 0.0727. The molecule has 0 saturated heterocycles. The molecule has 0 spiro atoms. The molecule has 1 heterocycles. The Kier molecular flexibility index (Phi) is 3.52. The molecule has 1 amide bonds. The zero-order valence-corrected chi connectivity index (χ0v) is 12.1. The third-order valence-corrected chi connectivity index (χ3v) is 3.75. The maximum atomic E-state index is 12.4. The molecule has 0 N–H and O–H groups in total. The summed E-state index contributed by atoms with van der Waals surface area (Å²) in [5.41, 5.74) is 2.85. The SMILES string of the molecule is COc1ccc(CN2Cc3ccccc3C2=O)c(OC)c1. The van der Waals surface area contributed by atoms with Gasteiger partial charge in [-0.25, -0.2) is 0 Å². The molecule has 0 radical (unpaired) electrons. The molecule has 2 aromatic carbocycles. The molecule has 2 aromatic rings. The minimum absolute atomic E-state index is 0.0727. The van der Waals surface area contributed by atoms with Gasteiger partial charge in [0.05, 0.1) is 14.2 Å². The Bertz CT molecular complexity index is 681. The molecule has 4 nitrogen and oxygen atoms in total. The summed E-state index contributed by atoms with van der Waals surface area (Å²) in [5, 5.41) is 0. The lowest BCUT2D eigenvalue weighted by molar-refractivity contribution is 0.0765. The number of carbonyl (C=O) groups excluding carboxylic acids is 1. The maximum absolute atomic E-state index is 12.4. The number of nitrogens with zero attached hydrogens (tertiary/aromatic N) is 1. The zero-order valence-electron chi connectivity index (χ0n) is 12.1. The van der Waals surface area contributed by atoms with Gasteiger partial charge in [-0.2, -0.15) is 0 Å². The van der Waals surface area contributed by atoms with Gasteiger partial charge in [0.2, 0.25) is 0 Å². The van der Waals surface area contributed by atoms with Crippen LogP contribution in [-0.4, -0.2) is 25.0 Å². The fourth-order valence-corrected chi connectivity index (χ4v) is 2.63. The summed E-state index contributed by atoms with van der Waals surface area (Å²) in [6.45, 7) is 1.17. The molecular formula is C17H17NO3. The standard InChI is InChI=1S/C17H17NO3/c1-20-14-8-7-13(16(9-14)21-2)11-18-10-12-5-3-4-6-15(12)17(18)19/h3-9H,10-11H2,1-2H3. The second-order valence-corrected chi connectivity index (χ2v) is 5.00. The van der Waals surface area contributed by atoms with E-state index in [2.05, 4.69) is 0 Å². The third-order valence-electron chi connectivity index (χ3n) is 3.75. The van der Waals surface area contributed by atoms with Crippen LogP contribution in [0.1, 0.15) is 21.5 Å². The fourth-order valence-electron chi connectivity index (χ4n) is 2.63. The first-order valence-electron chi connectivity index (χ1n) is 6.81. The summed E-state index contributed by atoms with van der Waals surface area (Å²) in [7, 11) is 3.24. The van der Waals surface area contributed by atoms with Gasteiger partial charge in [-0.3, -0.25) is 4.79 Å². The summed E-state index contributed by atoms with van der Waals surface area (Å²) >= 11 is 0. The van der Waals surface area contributed by atoms with Crippen molar-refractivity contribution in [3.05, 3.63) is 59.2 Å². The van der Waals surface area contributed by atoms with E-state index in [0.717, 1.165) is 28.2 Å². The van der Waals surface area contributed by atoms with Crippen molar-refractivity contribution in [1.82, 2.24) is 4.90 Å². The number of amides is 1. The van der Waals surface area contributed by atoms with Crippen LogP contribution in [0.25, 0.3) is 0 Å². The molecule has 0 fully saturated rings. The van der Waals surface area contributed by atoms with Crippen molar-refractivity contribution in [2.75, 3.05) is 14.2 Å². The largest absolute Gasteiger partial charge is 0.497 e. The molecular weight excluding hydrogens is 266 g/mol. The first kappa shape index (κ1) is 13.5. The Morgan fingerprint density at radius 3 is 2.62 bits per heavy atom. The molecule has 1 aliphatic heterocycles. The van der Waals surface area contributed by atoms with Crippen molar-refractivity contribution in [2.24, 2.45) is 0 Å². The van der Waals surface area contributed by atoms with E-state index >= 15 is 0 Å². The van der Waals surface area contributed by atoms with Crippen LogP contribution in [0.15, 0.2) is 42.5 Å².